The Balaban J connectivity index is 2.26. The second-order valence-corrected chi connectivity index (χ2v) is 2.89. The van der Waals surface area contributed by atoms with Crippen molar-refractivity contribution >= 4 is 5.69 Å². The molecule has 1 aromatic rings. The number of pyridine rings is 1. The Hall–Kier alpha value is -1.82. The zero-order chi connectivity index (χ0) is 9.10. The Morgan fingerprint density at radius 2 is 2.15 bits per heavy atom. The average Bonchev–Trinajstić information content (AvgIpc) is 2.71. The highest BCUT2D eigenvalue weighted by molar-refractivity contribution is 5.51. The summed E-state index contributed by atoms with van der Waals surface area (Å²) in [5, 5.41) is 8.66. The normalized spacial score (nSPS) is 14.5. The summed E-state index contributed by atoms with van der Waals surface area (Å²) < 4.78 is 0. The zero-order valence-electron chi connectivity index (χ0n) is 7.14. The Bertz CT molecular complexity index is 368. The quantitative estimate of drug-likeness (QED) is 0.598. The summed E-state index contributed by atoms with van der Waals surface area (Å²) in [6, 6.07) is 5.77. The van der Waals surface area contributed by atoms with Gasteiger partial charge in [-0.2, -0.15) is 5.26 Å². The molecule has 0 bridgehead atoms. The molecule has 13 heavy (non-hydrogen) atoms. The second-order valence-electron chi connectivity index (χ2n) is 2.89. The highest BCUT2D eigenvalue weighted by Crippen LogP contribution is 2.16. The van der Waals surface area contributed by atoms with Gasteiger partial charge in [0.05, 0.1) is 0 Å². The molecule has 2 rings (SSSR count). The molecule has 0 N–H and O–H groups in total. The summed E-state index contributed by atoms with van der Waals surface area (Å²) in [5.41, 5.74) is 1.54. The number of hydrogen-bond acceptors (Lipinski definition) is 3. The molecule has 2 heterocycles. The molecule has 0 amide bonds. The van der Waals surface area contributed by atoms with Crippen LogP contribution in [0, 0.1) is 11.3 Å². The largest absolute Gasteiger partial charge is 0.364 e. The molecule has 3 heteroatoms. The van der Waals surface area contributed by atoms with Crippen molar-refractivity contribution in [3.8, 4) is 6.07 Å². The van der Waals surface area contributed by atoms with Gasteiger partial charge in [-0.25, -0.2) is 4.98 Å². The van der Waals surface area contributed by atoms with Crippen molar-refractivity contribution in [2.45, 2.75) is 0 Å². The molecule has 0 radical (unpaired) electrons. The molecule has 0 aliphatic carbocycles. The fraction of sp³-hybridized carbons (Fsp3) is 0.200. The van der Waals surface area contributed by atoms with Gasteiger partial charge in [0, 0.05) is 25.0 Å². The lowest BCUT2D eigenvalue weighted by atomic mass is 10.3. The van der Waals surface area contributed by atoms with Crippen LogP contribution in [0.25, 0.3) is 0 Å². The van der Waals surface area contributed by atoms with E-state index in [0.717, 1.165) is 18.8 Å². The van der Waals surface area contributed by atoms with Crippen LogP contribution >= 0.6 is 0 Å². The van der Waals surface area contributed by atoms with E-state index in [0.29, 0.717) is 5.69 Å². The summed E-state index contributed by atoms with van der Waals surface area (Å²) in [6.45, 7) is 1.85. The van der Waals surface area contributed by atoms with Crippen molar-refractivity contribution in [3.05, 3.63) is 36.2 Å². The first-order valence-electron chi connectivity index (χ1n) is 4.16. The summed E-state index contributed by atoms with van der Waals surface area (Å²) in [5.74, 6) is 0. The lowest BCUT2D eigenvalue weighted by Crippen LogP contribution is -2.18. The molecule has 0 spiro atoms. The van der Waals surface area contributed by atoms with Gasteiger partial charge >= 0.3 is 0 Å². The number of nitriles is 1. The van der Waals surface area contributed by atoms with Gasteiger partial charge in [0.2, 0.25) is 0 Å². The molecule has 3 nitrogen and oxygen atoms in total. The summed E-state index contributed by atoms with van der Waals surface area (Å²) in [6.07, 6.45) is 5.91. The molecule has 0 aromatic carbocycles. The van der Waals surface area contributed by atoms with Crippen molar-refractivity contribution < 1.29 is 0 Å². The topological polar surface area (TPSA) is 39.9 Å². The predicted octanol–water partition coefficient (Wildman–Crippen LogP) is 1.33. The maximum absolute atomic E-state index is 8.66. The highest BCUT2D eigenvalue weighted by atomic mass is 15.1. The minimum atomic E-state index is 0.476. The van der Waals surface area contributed by atoms with Gasteiger partial charge in [0.1, 0.15) is 11.8 Å². The lowest BCUT2D eigenvalue weighted by molar-refractivity contribution is 1.00. The van der Waals surface area contributed by atoms with Crippen LogP contribution in [0.15, 0.2) is 30.5 Å². The van der Waals surface area contributed by atoms with Crippen molar-refractivity contribution in [1.29, 1.82) is 5.26 Å². The number of rotatable bonds is 1. The maximum atomic E-state index is 8.66. The predicted molar refractivity (Wildman–Crippen MR) is 50.3 cm³/mol. The van der Waals surface area contributed by atoms with Crippen molar-refractivity contribution in [3.63, 3.8) is 0 Å². The van der Waals surface area contributed by atoms with E-state index in [1.54, 1.807) is 6.20 Å². The fourth-order valence-corrected chi connectivity index (χ4v) is 1.37. The van der Waals surface area contributed by atoms with Crippen LogP contribution in [0.4, 0.5) is 5.69 Å². The van der Waals surface area contributed by atoms with E-state index >= 15 is 0 Å². The Labute approximate surface area is 76.9 Å². The standard InChI is InChI=1S/C10H9N3/c11-8-9-7-10(3-4-12-9)13-5-1-2-6-13/h1-4,7H,5-6H2. The highest BCUT2D eigenvalue weighted by Gasteiger charge is 2.07. The van der Waals surface area contributed by atoms with Gasteiger partial charge in [0.25, 0.3) is 0 Å². The number of nitrogens with zero attached hydrogens (tertiary/aromatic N) is 3. The van der Waals surface area contributed by atoms with E-state index < -0.39 is 0 Å². The van der Waals surface area contributed by atoms with Gasteiger partial charge in [-0.15, -0.1) is 0 Å². The molecule has 1 aromatic heterocycles. The van der Waals surface area contributed by atoms with E-state index in [1.165, 1.54) is 0 Å². The minimum absolute atomic E-state index is 0.476. The molecule has 0 unspecified atom stereocenters. The van der Waals surface area contributed by atoms with Crippen LogP contribution in [0.5, 0.6) is 0 Å². The first kappa shape index (κ1) is 7.81. The van der Waals surface area contributed by atoms with Gasteiger partial charge in [-0.1, -0.05) is 12.2 Å². The molecule has 0 saturated carbocycles. The van der Waals surface area contributed by atoms with Crippen molar-refractivity contribution in [1.82, 2.24) is 4.98 Å². The van der Waals surface area contributed by atoms with E-state index in [-0.39, 0.29) is 0 Å². The minimum Gasteiger partial charge on any atom is -0.364 e. The molecule has 0 saturated heterocycles. The lowest BCUT2D eigenvalue weighted by Gasteiger charge is -2.16. The van der Waals surface area contributed by atoms with Gasteiger partial charge in [0.15, 0.2) is 0 Å². The summed E-state index contributed by atoms with van der Waals surface area (Å²) >= 11 is 0. The summed E-state index contributed by atoms with van der Waals surface area (Å²) in [4.78, 5) is 6.10. The van der Waals surface area contributed by atoms with Crippen LogP contribution in [0.3, 0.4) is 0 Å². The SMILES string of the molecule is N#Cc1cc(N2CC=CC2)ccn1. The van der Waals surface area contributed by atoms with E-state index in [9.17, 15) is 0 Å². The molecule has 0 atom stereocenters. The van der Waals surface area contributed by atoms with Crippen LogP contribution in [-0.4, -0.2) is 18.1 Å². The molecule has 0 fully saturated rings. The third kappa shape index (κ3) is 1.52. The number of aromatic nitrogens is 1. The van der Waals surface area contributed by atoms with Gasteiger partial charge in [-0.3, -0.25) is 0 Å². The third-order valence-corrected chi connectivity index (χ3v) is 2.04. The van der Waals surface area contributed by atoms with Crippen molar-refractivity contribution in [2.75, 3.05) is 18.0 Å². The van der Waals surface area contributed by atoms with Crippen LogP contribution in [-0.2, 0) is 0 Å². The van der Waals surface area contributed by atoms with Crippen LogP contribution in [0.2, 0.25) is 0 Å². The van der Waals surface area contributed by atoms with Crippen LogP contribution in [0.1, 0.15) is 5.69 Å². The van der Waals surface area contributed by atoms with E-state index in [1.807, 2.05) is 18.2 Å². The molecule has 1 aliphatic heterocycles. The smallest absolute Gasteiger partial charge is 0.142 e. The maximum Gasteiger partial charge on any atom is 0.142 e. The van der Waals surface area contributed by atoms with Gasteiger partial charge in [-0.05, 0) is 12.1 Å². The summed E-state index contributed by atoms with van der Waals surface area (Å²) in [7, 11) is 0. The molecule has 1 aliphatic rings. The van der Waals surface area contributed by atoms with Crippen LogP contribution < -0.4 is 4.90 Å². The Morgan fingerprint density at radius 1 is 1.38 bits per heavy atom. The Kier molecular flexibility index (Phi) is 1.97. The molecular formula is C10H9N3. The number of anilines is 1. The monoisotopic (exact) mass is 171 g/mol. The zero-order valence-corrected chi connectivity index (χ0v) is 7.14. The first-order valence-corrected chi connectivity index (χ1v) is 4.16. The second kappa shape index (κ2) is 3.28. The van der Waals surface area contributed by atoms with E-state index in [4.69, 9.17) is 5.26 Å². The first-order chi connectivity index (χ1) is 6.40. The van der Waals surface area contributed by atoms with Crippen molar-refractivity contribution in [2.24, 2.45) is 0 Å². The van der Waals surface area contributed by atoms with Gasteiger partial charge < -0.3 is 4.90 Å². The number of hydrogen-bond donors (Lipinski definition) is 0. The van der Waals surface area contributed by atoms with E-state index in [2.05, 4.69) is 22.0 Å². The average molecular weight is 171 g/mol. The fourth-order valence-electron chi connectivity index (χ4n) is 1.37. The Morgan fingerprint density at radius 3 is 2.85 bits per heavy atom. The molecule has 64 valence electrons. The molecular weight excluding hydrogens is 162 g/mol. The third-order valence-electron chi connectivity index (χ3n) is 2.04.